The topological polar surface area (TPSA) is 75.3 Å². The van der Waals surface area contributed by atoms with Gasteiger partial charge in [0.1, 0.15) is 11.6 Å². The summed E-state index contributed by atoms with van der Waals surface area (Å²) in [4.78, 5) is 16.4. The third kappa shape index (κ3) is 5.05. The highest BCUT2D eigenvalue weighted by Gasteiger charge is 2.21. The maximum atomic E-state index is 12.5. The first-order valence-corrected chi connectivity index (χ1v) is 8.32. The highest BCUT2D eigenvalue weighted by Crippen LogP contribution is 2.29. The molecule has 0 unspecified atom stereocenters. The van der Waals surface area contributed by atoms with E-state index in [1.807, 2.05) is 6.07 Å². The van der Waals surface area contributed by atoms with E-state index in [2.05, 4.69) is 25.7 Å². The van der Waals surface area contributed by atoms with Crippen molar-refractivity contribution < 1.29 is 18.3 Å². The Hall–Kier alpha value is -2.90. The van der Waals surface area contributed by atoms with E-state index in [0.29, 0.717) is 11.6 Å². The molecule has 1 aromatic carbocycles. The molecule has 1 aliphatic carbocycles. The number of anilines is 2. The van der Waals surface area contributed by atoms with Crippen LogP contribution in [0.15, 0.2) is 36.5 Å². The molecular weight excluding hydrogens is 342 g/mol. The van der Waals surface area contributed by atoms with Crippen molar-refractivity contribution in [3.05, 3.63) is 47.7 Å². The van der Waals surface area contributed by atoms with Gasteiger partial charge in [-0.15, -0.1) is 0 Å². The third-order valence-electron chi connectivity index (χ3n) is 3.90. The van der Waals surface area contributed by atoms with E-state index in [-0.39, 0.29) is 18.0 Å². The Morgan fingerprint density at radius 3 is 2.88 bits per heavy atom. The maximum Gasteiger partial charge on any atom is 0.387 e. The number of aryl methyl sites for hydroxylation is 1. The number of hydrogen-bond donors (Lipinski definition) is 3. The summed E-state index contributed by atoms with van der Waals surface area (Å²) in [6.07, 6.45) is 3.97. The number of alkyl halides is 2. The standard InChI is InChI=1S/C18H20F2N4O2/c1-11-3-2-4-14(26-17(19)20)16(11)24-18(25)22-10-12-7-8-21-15(9-12)23-13-5-6-13/h2-4,7-9,13,17H,5-6,10H2,1H3,(H,21,23)(H2,22,24,25). The van der Waals surface area contributed by atoms with Gasteiger partial charge in [0, 0.05) is 18.8 Å². The monoisotopic (exact) mass is 362 g/mol. The van der Waals surface area contributed by atoms with E-state index in [9.17, 15) is 13.6 Å². The van der Waals surface area contributed by atoms with Crippen LogP contribution in [0.25, 0.3) is 0 Å². The molecule has 0 aliphatic heterocycles. The Labute approximate surface area is 150 Å². The zero-order valence-corrected chi connectivity index (χ0v) is 14.3. The average Bonchev–Trinajstić information content (AvgIpc) is 3.40. The van der Waals surface area contributed by atoms with Gasteiger partial charge < -0.3 is 20.7 Å². The van der Waals surface area contributed by atoms with Crippen molar-refractivity contribution in [2.75, 3.05) is 10.6 Å². The zero-order valence-electron chi connectivity index (χ0n) is 14.3. The Balaban J connectivity index is 1.59. The Morgan fingerprint density at radius 1 is 1.35 bits per heavy atom. The molecule has 0 bridgehead atoms. The van der Waals surface area contributed by atoms with Gasteiger partial charge in [-0.25, -0.2) is 9.78 Å². The molecule has 26 heavy (non-hydrogen) atoms. The third-order valence-corrected chi connectivity index (χ3v) is 3.90. The maximum absolute atomic E-state index is 12.5. The molecule has 1 fully saturated rings. The molecule has 0 spiro atoms. The van der Waals surface area contributed by atoms with E-state index in [1.54, 1.807) is 31.3 Å². The number of hydrogen-bond acceptors (Lipinski definition) is 4. The first kappa shape index (κ1) is 17.9. The summed E-state index contributed by atoms with van der Waals surface area (Å²) in [5.74, 6) is 0.703. The minimum atomic E-state index is -2.96. The summed E-state index contributed by atoms with van der Waals surface area (Å²) in [5, 5.41) is 8.56. The largest absolute Gasteiger partial charge is 0.433 e. The molecule has 1 aromatic heterocycles. The summed E-state index contributed by atoms with van der Waals surface area (Å²) in [6.45, 7) is -0.980. The minimum Gasteiger partial charge on any atom is -0.433 e. The van der Waals surface area contributed by atoms with E-state index < -0.39 is 12.6 Å². The fourth-order valence-electron chi connectivity index (χ4n) is 2.44. The second-order valence-electron chi connectivity index (χ2n) is 6.10. The smallest absolute Gasteiger partial charge is 0.387 e. The van der Waals surface area contributed by atoms with Gasteiger partial charge in [-0.3, -0.25) is 0 Å². The van der Waals surface area contributed by atoms with Crippen LogP contribution < -0.4 is 20.7 Å². The number of halogens is 2. The van der Waals surface area contributed by atoms with Crippen LogP contribution in [0.2, 0.25) is 0 Å². The van der Waals surface area contributed by atoms with Crippen molar-refractivity contribution in [2.45, 2.75) is 39.0 Å². The summed E-state index contributed by atoms with van der Waals surface area (Å²) in [5.41, 5.74) is 1.72. The van der Waals surface area contributed by atoms with Crippen LogP contribution in [0.3, 0.4) is 0 Å². The molecule has 138 valence electrons. The number of ether oxygens (including phenoxy) is 1. The van der Waals surface area contributed by atoms with Crippen molar-refractivity contribution in [3.63, 3.8) is 0 Å². The van der Waals surface area contributed by atoms with Crippen LogP contribution in [0.1, 0.15) is 24.0 Å². The summed E-state index contributed by atoms with van der Waals surface area (Å²) in [6, 6.07) is 8.33. The number of pyridine rings is 1. The van der Waals surface area contributed by atoms with Crippen molar-refractivity contribution in [1.82, 2.24) is 10.3 Å². The van der Waals surface area contributed by atoms with E-state index in [4.69, 9.17) is 0 Å². The van der Waals surface area contributed by atoms with Gasteiger partial charge in [-0.05, 0) is 49.1 Å². The lowest BCUT2D eigenvalue weighted by Crippen LogP contribution is -2.29. The van der Waals surface area contributed by atoms with Crippen LogP contribution >= 0.6 is 0 Å². The lowest BCUT2D eigenvalue weighted by atomic mass is 10.2. The first-order chi connectivity index (χ1) is 12.5. The summed E-state index contributed by atoms with van der Waals surface area (Å²) < 4.78 is 29.5. The predicted molar refractivity (Wildman–Crippen MR) is 94.6 cm³/mol. The number of aromatic nitrogens is 1. The van der Waals surface area contributed by atoms with Crippen LogP contribution in [0, 0.1) is 6.92 Å². The quantitative estimate of drug-likeness (QED) is 0.699. The molecular formula is C18H20F2N4O2. The average molecular weight is 362 g/mol. The number of carbonyl (C=O) groups excluding carboxylic acids is 1. The van der Waals surface area contributed by atoms with Crippen LogP contribution in [-0.2, 0) is 6.54 Å². The minimum absolute atomic E-state index is 0.0741. The van der Waals surface area contributed by atoms with Gasteiger partial charge in [0.15, 0.2) is 0 Å². The number of rotatable bonds is 7. The van der Waals surface area contributed by atoms with Crippen LogP contribution in [0.4, 0.5) is 25.1 Å². The Morgan fingerprint density at radius 2 is 2.15 bits per heavy atom. The first-order valence-electron chi connectivity index (χ1n) is 8.32. The lowest BCUT2D eigenvalue weighted by Gasteiger charge is -2.15. The highest BCUT2D eigenvalue weighted by atomic mass is 19.3. The Kier molecular flexibility index (Phi) is 5.50. The summed E-state index contributed by atoms with van der Waals surface area (Å²) in [7, 11) is 0. The normalized spacial score (nSPS) is 13.4. The van der Waals surface area contributed by atoms with E-state index in [1.165, 1.54) is 6.07 Å². The van der Waals surface area contributed by atoms with Gasteiger partial charge in [0.2, 0.25) is 0 Å². The van der Waals surface area contributed by atoms with Crippen molar-refractivity contribution in [3.8, 4) is 5.75 Å². The van der Waals surface area contributed by atoms with Crippen molar-refractivity contribution >= 4 is 17.5 Å². The van der Waals surface area contributed by atoms with E-state index in [0.717, 1.165) is 24.2 Å². The van der Waals surface area contributed by atoms with Gasteiger partial charge in [0.05, 0.1) is 5.69 Å². The molecule has 8 heteroatoms. The number of amides is 2. The number of nitrogens with zero attached hydrogens (tertiary/aromatic N) is 1. The molecule has 6 nitrogen and oxygen atoms in total. The highest BCUT2D eigenvalue weighted by molar-refractivity contribution is 5.91. The van der Waals surface area contributed by atoms with Gasteiger partial charge >= 0.3 is 12.6 Å². The number of carbonyl (C=O) groups is 1. The van der Waals surface area contributed by atoms with E-state index >= 15 is 0 Å². The molecule has 2 aromatic rings. The van der Waals surface area contributed by atoms with Gasteiger partial charge in [-0.2, -0.15) is 8.78 Å². The molecule has 1 saturated carbocycles. The fraction of sp³-hybridized carbons (Fsp3) is 0.333. The molecule has 2 amide bonds. The second kappa shape index (κ2) is 7.99. The van der Waals surface area contributed by atoms with Crippen molar-refractivity contribution in [2.24, 2.45) is 0 Å². The number of urea groups is 1. The van der Waals surface area contributed by atoms with Crippen molar-refractivity contribution in [1.29, 1.82) is 0 Å². The molecule has 0 saturated heterocycles. The molecule has 1 heterocycles. The fourth-order valence-corrected chi connectivity index (χ4v) is 2.44. The predicted octanol–water partition coefficient (Wildman–Crippen LogP) is 3.89. The van der Waals surface area contributed by atoms with Gasteiger partial charge in [0.25, 0.3) is 0 Å². The lowest BCUT2D eigenvalue weighted by molar-refractivity contribution is -0.0493. The van der Waals surface area contributed by atoms with Gasteiger partial charge in [-0.1, -0.05) is 12.1 Å². The number of nitrogens with one attached hydrogen (secondary N) is 3. The molecule has 3 N–H and O–H groups in total. The molecule has 3 rings (SSSR count). The number of para-hydroxylation sites is 1. The van der Waals surface area contributed by atoms with Crippen LogP contribution in [0.5, 0.6) is 5.75 Å². The summed E-state index contributed by atoms with van der Waals surface area (Å²) >= 11 is 0. The molecule has 0 atom stereocenters. The number of benzene rings is 1. The molecule has 0 radical (unpaired) electrons. The second-order valence-corrected chi connectivity index (χ2v) is 6.10. The molecule has 1 aliphatic rings. The van der Waals surface area contributed by atoms with Crippen LogP contribution in [-0.4, -0.2) is 23.7 Å². The SMILES string of the molecule is Cc1cccc(OC(F)F)c1NC(=O)NCc1ccnc(NC2CC2)c1. The zero-order chi connectivity index (χ0) is 18.5. The Bertz CT molecular complexity index is 782.